The third kappa shape index (κ3) is 4.52. The molecule has 0 aliphatic carbocycles. The first-order valence-electron chi connectivity index (χ1n) is 5.74. The molecular formula is C14H9Br2IN2O2. The number of rotatable bonds is 3. The van der Waals surface area contributed by atoms with E-state index in [-0.39, 0.29) is 11.7 Å². The van der Waals surface area contributed by atoms with Crippen LogP contribution in [-0.2, 0) is 0 Å². The van der Waals surface area contributed by atoms with Crippen LogP contribution < -0.4 is 5.43 Å². The van der Waals surface area contributed by atoms with Gasteiger partial charge in [0.15, 0.2) is 0 Å². The average Bonchev–Trinajstić information content (AvgIpc) is 2.43. The first-order chi connectivity index (χ1) is 9.97. The molecule has 2 N–H and O–H groups in total. The van der Waals surface area contributed by atoms with Crippen LogP contribution in [0.2, 0.25) is 0 Å². The van der Waals surface area contributed by atoms with Crippen molar-refractivity contribution in [1.29, 1.82) is 0 Å². The van der Waals surface area contributed by atoms with Crippen molar-refractivity contribution in [3.8, 4) is 5.75 Å². The predicted molar refractivity (Wildman–Crippen MR) is 97.7 cm³/mol. The van der Waals surface area contributed by atoms with Gasteiger partial charge in [0.2, 0.25) is 0 Å². The Morgan fingerprint density at radius 1 is 1.24 bits per heavy atom. The van der Waals surface area contributed by atoms with Crippen LogP contribution in [0.4, 0.5) is 0 Å². The van der Waals surface area contributed by atoms with Gasteiger partial charge in [0.25, 0.3) is 5.91 Å². The zero-order valence-corrected chi connectivity index (χ0v) is 15.8. The normalized spacial score (nSPS) is 10.8. The third-order valence-corrected chi connectivity index (χ3v) is 4.29. The monoisotopic (exact) mass is 522 g/mol. The third-order valence-electron chi connectivity index (χ3n) is 2.51. The Morgan fingerprint density at radius 2 is 2.00 bits per heavy atom. The quantitative estimate of drug-likeness (QED) is 0.358. The molecule has 2 aromatic carbocycles. The second-order valence-electron chi connectivity index (χ2n) is 4.03. The number of aromatic hydroxyl groups is 1. The Bertz CT molecular complexity index is 720. The number of phenolic OH excluding ortho intramolecular Hbond substituents is 1. The van der Waals surface area contributed by atoms with E-state index in [1.165, 1.54) is 6.21 Å². The molecule has 0 bridgehead atoms. The second kappa shape index (κ2) is 7.37. The minimum atomic E-state index is -0.322. The Kier molecular flexibility index (Phi) is 5.77. The summed E-state index contributed by atoms with van der Waals surface area (Å²) in [6.45, 7) is 0. The number of carbonyl (C=O) groups is 1. The molecule has 4 nitrogen and oxygen atoms in total. The van der Waals surface area contributed by atoms with Gasteiger partial charge in [-0.2, -0.15) is 5.10 Å². The summed E-state index contributed by atoms with van der Waals surface area (Å²) in [7, 11) is 0. The summed E-state index contributed by atoms with van der Waals surface area (Å²) >= 11 is 8.67. The van der Waals surface area contributed by atoms with E-state index >= 15 is 0 Å². The molecule has 0 aliphatic rings. The van der Waals surface area contributed by atoms with E-state index in [0.29, 0.717) is 14.7 Å². The van der Waals surface area contributed by atoms with Gasteiger partial charge in [-0.05, 0) is 52.9 Å². The van der Waals surface area contributed by atoms with Gasteiger partial charge >= 0.3 is 0 Å². The van der Waals surface area contributed by atoms with E-state index in [2.05, 4.69) is 42.4 Å². The average molecular weight is 524 g/mol. The van der Waals surface area contributed by atoms with E-state index in [9.17, 15) is 9.90 Å². The van der Waals surface area contributed by atoms with Crippen molar-refractivity contribution >= 4 is 66.6 Å². The smallest absolute Gasteiger partial charge is 0.271 e. The van der Waals surface area contributed by atoms with E-state index in [1.54, 1.807) is 30.3 Å². The van der Waals surface area contributed by atoms with Crippen LogP contribution in [0, 0.1) is 3.57 Å². The van der Waals surface area contributed by atoms with Crippen LogP contribution in [0.5, 0.6) is 5.75 Å². The molecule has 0 aliphatic heterocycles. The zero-order chi connectivity index (χ0) is 15.4. The summed E-state index contributed by atoms with van der Waals surface area (Å²) in [4.78, 5) is 11.9. The molecule has 7 heteroatoms. The number of phenols is 1. The van der Waals surface area contributed by atoms with Gasteiger partial charge in [-0.1, -0.05) is 37.9 Å². The largest absolute Gasteiger partial charge is 0.506 e. The fourth-order valence-electron chi connectivity index (χ4n) is 1.54. The topological polar surface area (TPSA) is 61.7 Å². The van der Waals surface area contributed by atoms with Crippen LogP contribution in [0.3, 0.4) is 0 Å². The highest BCUT2D eigenvalue weighted by molar-refractivity contribution is 14.1. The number of carbonyl (C=O) groups excluding carboxylic acids is 1. The Hall–Kier alpha value is -0.930. The number of halogens is 3. The van der Waals surface area contributed by atoms with Gasteiger partial charge < -0.3 is 5.11 Å². The first-order valence-corrected chi connectivity index (χ1v) is 8.41. The molecule has 2 aromatic rings. The fraction of sp³-hybridized carbons (Fsp3) is 0. The van der Waals surface area contributed by atoms with Gasteiger partial charge in [0.1, 0.15) is 5.75 Å². The summed E-state index contributed by atoms with van der Waals surface area (Å²) < 4.78 is 2.34. The van der Waals surface area contributed by atoms with Gasteiger partial charge in [0, 0.05) is 20.1 Å². The van der Waals surface area contributed by atoms with Crippen molar-refractivity contribution in [3.05, 3.63) is 60.0 Å². The Labute approximate surface area is 152 Å². The predicted octanol–water partition coefficient (Wildman–Crippen LogP) is 4.29. The lowest BCUT2D eigenvalue weighted by molar-refractivity contribution is 0.0955. The van der Waals surface area contributed by atoms with Crippen molar-refractivity contribution in [2.24, 2.45) is 5.10 Å². The second-order valence-corrected chi connectivity index (χ2v) is 7.03. The molecule has 108 valence electrons. The molecule has 0 spiro atoms. The number of hydrazone groups is 1. The zero-order valence-electron chi connectivity index (χ0n) is 10.5. The molecule has 2 rings (SSSR count). The molecule has 0 saturated carbocycles. The number of hydrogen-bond donors (Lipinski definition) is 2. The lowest BCUT2D eigenvalue weighted by atomic mass is 10.2. The van der Waals surface area contributed by atoms with Gasteiger partial charge in [-0.15, -0.1) is 0 Å². The van der Waals surface area contributed by atoms with Crippen molar-refractivity contribution in [2.45, 2.75) is 0 Å². The van der Waals surface area contributed by atoms with Crippen LogP contribution in [0.15, 0.2) is 50.4 Å². The summed E-state index contributed by atoms with van der Waals surface area (Å²) in [6, 6.07) is 10.5. The van der Waals surface area contributed by atoms with Crippen LogP contribution >= 0.6 is 54.5 Å². The van der Waals surface area contributed by atoms with E-state index in [4.69, 9.17) is 0 Å². The minimum Gasteiger partial charge on any atom is -0.506 e. The number of nitrogens with zero attached hydrogens (tertiary/aromatic N) is 1. The first kappa shape index (κ1) is 16.4. The lowest BCUT2D eigenvalue weighted by Gasteiger charge is -2.03. The molecule has 1 amide bonds. The highest BCUT2D eigenvalue weighted by Gasteiger charge is 2.06. The summed E-state index contributed by atoms with van der Waals surface area (Å²) in [5.41, 5.74) is 3.43. The fourth-order valence-corrected chi connectivity index (χ4v) is 3.49. The van der Waals surface area contributed by atoms with E-state index < -0.39 is 0 Å². The molecule has 0 fully saturated rings. The molecule has 0 aromatic heterocycles. The van der Waals surface area contributed by atoms with E-state index in [0.717, 1.165) is 8.95 Å². The van der Waals surface area contributed by atoms with Gasteiger partial charge in [0.05, 0.1) is 9.78 Å². The van der Waals surface area contributed by atoms with Crippen molar-refractivity contribution in [1.82, 2.24) is 5.43 Å². The van der Waals surface area contributed by atoms with E-state index in [1.807, 2.05) is 28.7 Å². The lowest BCUT2D eigenvalue weighted by Crippen LogP contribution is -2.17. The summed E-state index contributed by atoms with van der Waals surface area (Å²) in [5.74, 6) is -0.198. The molecule has 0 heterocycles. The molecule has 21 heavy (non-hydrogen) atoms. The highest BCUT2D eigenvalue weighted by Crippen LogP contribution is 2.27. The van der Waals surface area contributed by atoms with Crippen LogP contribution in [0.1, 0.15) is 15.9 Å². The molecule has 0 atom stereocenters. The number of hydrogen-bond acceptors (Lipinski definition) is 3. The molecule has 0 unspecified atom stereocenters. The van der Waals surface area contributed by atoms with Crippen molar-refractivity contribution in [3.63, 3.8) is 0 Å². The standard InChI is InChI=1S/C14H9Br2IN2O2/c15-10-3-1-2-8(4-10)14(21)19-18-7-9-5-11(16)6-12(17)13(9)20/h1-7,20H,(H,19,21). The summed E-state index contributed by atoms with van der Waals surface area (Å²) in [6.07, 6.45) is 1.40. The maximum absolute atomic E-state index is 11.9. The Balaban J connectivity index is 2.11. The van der Waals surface area contributed by atoms with Crippen LogP contribution in [-0.4, -0.2) is 17.2 Å². The molecule has 0 saturated heterocycles. The number of nitrogens with one attached hydrogen (secondary N) is 1. The molecular weight excluding hydrogens is 515 g/mol. The van der Waals surface area contributed by atoms with Gasteiger partial charge in [-0.25, -0.2) is 5.43 Å². The minimum absolute atomic E-state index is 0.124. The molecule has 0 radical (unpaired) electrons. The SMILES string of the molecule is O=C(NN=Cc1cc(Br)cc(I)c1O)c1cccc(Br)c1. The highest BCUT2D eigenvalue weighted by atomic mass is 127. The van der Waals surface area contributed by atoms with Gasteiger partial charge in [-0.3, -0.25) is 4.79 Å². The Morgan fingerprint density at radius 3 is 2.71 bits per heavy atom. The maximum Gasteiger partial charge on any atom is 0.271 e. The maximum atomic E-state index is 11.9. The van der Waals surface area contributed by atoms with Crippen molar-refractivity contribution in [2.75, 3.05) is 0 Å². The van der Waals surface area contributed by atoms with Crippen molar-refractivity contribution < 1.29 is 9.90 Å². The number of benzene rings is 2. The van der Waals surface area contributed by atoms with Crippen LogP contribution in [0.25, 0.3) is 0 Å². The summed E-state index contributed by atoms with van der Waals surface area (Å²) in [5, 5.41) is 13.8. The number of amides is 1.